The molecule has 0 bridgehead atoms. The van der Waals surface area contributed by atoms with E-state index in [2.05, 4.69) is 28.7 Å². The predicted molar refractivity (Wildman–Crippen MR) is 74.0 cm³/mol. The van der Waals surface area contributed by atoms with Crippen LogP contribution in [0.25, 0.3) is 0 Å². The fourth-order valence-corrected chi connectivity index (χ4v) is 5.07. The molecule has 4 heteroatoms. The van der Waals surface area contributed by atoms with Gasteiger partial charge in [-0.05, 0) is 31.2 Å². The summed E-state index contributed by atoms with van der Waals surface area (Å²) in [5.74, 6) is -0.116. The molecule has 18 heavy (non-hydrogen) atoms. The third kappa shape index (κ3) is 2.02. The van der Waals surface area contributed by atoms with Crippen molar-refractivity contribution >= 4 is 28.7 Å². The van der Waals surface area contributed by atoms with Gasteiger partial charge in [0.1, 0.15) is 0 Å². The molecule has 90 valence electrons. The Morgan fingerprint density at radius 3 is 2.00 bits per heavy atom. The van der Waals surface area contributed by atoms with Gasteiger partial charge in [0.15, 0.2) is 0 Å². The van der Waals surface area contributed by atoms with Crippen molar-refractivity contribution in [1.82, 2.24) is 0 Å². The lowest BCUT2D eigenvalue weighted by Gasteiger charge is -2.16. The minimum Gasteiger partial charge on any atom is -0.859 e. The molecule has 2 aromatic rings. The van der Waals surface area contributed by atoms with Crippen LogP contribution in [0, 0.1) is 0 Å². The smallest absolute Gasteiger partial charge is 0.204 e. The van der Waals surface area contributed by atoms with Crippen molar-refractivity contribution in [1.29, 1.82) is 0 Å². The van der Waals surface area contributed by atoms with Crippen LogP contribution < -0.4 is 5.11 Å². The maximum absolute atomic E-state index is 11.4. The molecule has 0 N–H and O–H groups in total. The van der Waals surface area contributed by atoms with E-state index in [1.54, 1.807) is 11.8 Å². The molecule has 0 unspecified atom stereocenters. The van der Waals surface area contributed by atoms with Gasteiger partial charge >= 0.3 is 0 Å². The highest BCUT2D eigenvalue weighted by molar-refractivity contribution is 8.03. The topological polar surface area (TPSA) is 35.4 Å². The summed E-state index contributed by atoms with van der Waals surface area (Å²) in [6, 6.07) is 16.4. The van der Waals surface area contributed by atoms with Crippen LogP contribution in [0.1, 0.15) is 6.92 Å². The number of fused-ring (bicyclic) bond motifs is 2. The first-order chi connectivity index (χ1) is 8.75. The first kappa shape index (κ1) is 11.7. The highest BCUT2D eigenvalue weighted by Crippen LogP contribution is 2.45. The lowest BCUT2D eigenvalue weighted by molar-refractivity contribution is -0.215. The van der Waals surface area contributed by atoms with Gasteiger partial charge in [-0.15, -0.1) is 0 Å². The zero-order chi connectivity index (χ0) is 12.5. The Balaban J connectivity index is 2.20. The van der Waals surface area contributed by atoms with E-state index in [0.717, 1.165) is 9.79 Å². The third-order valence-corrected chi connectivity index (χ3v) is 5.95. The number of hydrogen-bond donors (Lipinski definition) is 0. The fraction of sp³-hybridized carbons (Fsp3) is 0.0714. The standard InChI is InChI=1S/C14H11NOS2/c1-10(16)15-18-13-8-4-2-6-11(13)17-12-7-3-5-9-14(12)18/h2-9H,1H3. The van der Waals surface area contributed by atoms with Crippen LogP contribution in [-0.2, 0) is 11.1 Å². The summed E-state index contributed by atoms with van der Waals surface area (Å²) in [4.78, 5) is 4.70. The van der Waals surface area contributed by atoms with Crippen molar-refractivity contribution in [3.05, 3.63) is 48.5 Å². The number of nitrogens with zero attached hydrogens (tertiary/aromatic N) is 1. The monoisotopic (exact) mass is 273 g/mol. The second kappa shape index (κ2) is 4.71. The second-order valence-electron chi connectivity index (χ2n) is 3.89. The summed E-state index contributed by atoms with van der Waals surface area (Å²) in [6.07, 6.45) is 0. The van der Waals surface area contributed by atoms with Crippen LogP contribution in [0.5, 0.6) is 0 Å². The molecule has 0 fully saturated rings. The molecule has 3 rings (SSSR count). The van der Waals surface area contributed by atoms with Crippen molar-refractivity contribution in [3.63, 3.8) is 0 Å². The summed E-state index contributed by atoms with van der Waals surface area (Å²) < 4.78 is 4.29. The van der Waals surface area contributed by atoms with Crippen LogP contribution in [0.4, 0.5) is 0 Å². The number of rotatable bonds is 1. The molecular weight excluding hydrogens is 262 g/mol. The Labute approximate surface area is 113 Å². The van der Waals surface area contributed by atoms with Crippen LogP contribution >= 0.6 is 11.8 Å². The molecule has 0 atom stereocenters. The van der Waals surface area contributed by atoms with Crippen molar-refractivity contribution in [2.24, 2.45) is 4.40 Å². The van der Waals surface area contributed by atoms with Gasteiger partial charge in [-0.25, -0.2) is 0 Å². The minimum absolute atomic E-state index is 0.116. The Hall–Kier alpha value is -1.39. The highest BCUT2D eigenvalue weighted by Gasteiger charge is 2.36. The van der Waals surface area contributed by atoms with E-state index in [-0.39, 0.29) is 5.90 Å². The van der Waals surface area contributed by atoms with Crippen LogP contribution in [0.2, 0.25) is 0 Å². The van der Waals surface area contributed by atoms with Gasteiger partial charge in [0, 0.05) is 5.90 Å². The molecule has 0 saturated carbocycles. The molecule has 0 aliphatic carbocycles. The maximum atomic E-state index is 11.4. The molecular formula is C14H11NOS2. The van der Waals surface area contributed by atoms with E-state index in [0.29, 0.717) is 0 Å². The molecule has 2 nitrogen and oxygen atoms in total. The zero-order valence-electron chi connectivity index (χ0n) is 9.79. The SMILES string of the molecule is C/C([O-])=N/[S+]1c2ccccc2Sc2ccccc21. The second-order valence-corrected chi connectivity index (χ2v) is 6.61. The van der Waals surface area contributed by atoms with Crippen molar-refractivity contribution in [2.45, 2.75) is 26.5 Å². The van der Waals surface area contributed by atoms with E-state index >= 15 is 0 Å². The van der Waals surface area contributed by atoms with E-state index < -0.39 is 11.1 Å². The third-order valence-electron chi connectivity index (χ3n) is 2.55. The first-order valence-electron chi connectivity index (χ1n) is 5.58. The maximum Gasteiger partial charge on any atom is 0.204 e. The molecule has 0 saturated heterocycles. The van der Waals surface area contributed by atoms with E-state index in [4.69, 9.17) is 0 Å². The number of hydrogen-bond acceptors (Lipinski definition) is 3. The Morgan fingerprint density at radius 2 is 1.50 bits per heavy atom. The molecule has 0 radical (unpaired) electrons. The van der Waals surface area contributed by atoms with Gasteiger partial charge in [-0.3, -0.25) is 0 Å². The van der Waals surface area contributed by atoms with E-state index in [1.165, 1.54) is 16.7 Å². The van der Waals surface area contributed by atoms with Crippen LogP contribution in [0.15, 0.2) is 72.5 Å². The summed E-state index contributed by atoms with van der Waals surface area (Å²) in [7, 11) is 0. The zero-order valence-corrected chi connectivity index (χ0v) is 11.4. The van der Waals surface area contributed by atoms with Crippen LogP contribution in [0.3, 0.4) is 0 Å². The fourth-order valence-electron chi connectivity index (χ4n) is 1.85. The predicted octanol–water partition coefficient (Wildman–Crippen LogP) is 2.88. The molecule has 0 aromatic heterocycles. The quantitative estimate of drug-likeness (QED) is 0.455. The average Bonchev–Trinajstić information content (AvgIpc) is 2.38. The lowest BCUT2D eigenvalue weighted by atomic mass is 10.3. The average molecular weight is 273 g/mol. The van der Waals surface area contributed by atoms with Gasteiger partial charge < -0.3 is 5.11 Å². The molecule has 1 aliphatic rings. The van der Waals surface area contributed by atoms with Gasteiger partial charge in [-0.1, -0.05) is 40.4 Å². The summed E-state index contributed by atoms with van der Waals surface area (Å²) in [5, 5.41) is 11.4. The normalized spacial score (nSPS) is 15.1. The Bertz CT molecular complexity index is 575. The molecule has 0 amide bonds. The summed E-state index contributed by atoms with van der Waals surface area (Å²) in [6.45, 7) is 1.51. The van der Waals surface area contributed by atoms with Gasteiger partial charge in [0.05, 0.1) is 9.79 Å². The Kier molecular flexibility index (Phi) is 3.06. The molecule has 0 spiro atoms. The van der Waals surface area contributed by atoms with E-state index in [9.17, 15) is 5.11 Å². The van der Waals surface area contributed by atoms with Gasteiger partial charge in [0.25, 0.3) is 0 Å². The summed E-state index contributed by atoms with van der Waals surface area (Å²) >= 11 is 1.28. The minimum atomic E-state index is -0.470. The number of benzene rings is 2. The van der Waals surface area contributed by atoms with Gasteiger partial charge in [-0.2, -0.15) is 0 Å². The molecule has 1 heterocycles. The van der Waals surface area contributed by atoms with Gasteiger partial charge in [0.2, 0.25) is 20.9 Å². The molecule has 1 aliphatic heterocycles. The summed E-state index contributed by atoms with van der Waals surface area (Å²) in [5.41, 5.74) is 0. The van der Waals surface area contributed by atoms with Crippen molar-refractivity contribution in [3.8, 4) is 0 Å². The van der Waals surface area contributed by atoms with Crippen molar-refractivity contribution in [2.75, 3.05) is 0 Å². The van der Waals surface area contributed by atoms with E-state index in [1.807, 2.05) is 24.3 Å². The first-order valence-corrected chi connectivity index (χ1v) is 7.58. The Morgan fingerprint density at radius 1 is 1.00 bits per heavy atom. The van der Waals surface area contributed by atoms with Crippen LogP contribution in [-0.4, -0.2) is 5.90 Å². The highest BCUT2D eigenvalue weighted by atomic mass is 32.2. The van der Waals surface area contributed by atoms with Crippen molar-refractivity contribution < 1.29 is 5.11 Å². The molecule has 2 aromatic carbocycles. The largest absolute Gasteiger partial charge is 0.859 e. The lowest BCUT2D eigenvalue weighted by Crippen LogP contribution is -2.17.